The summed E-state index contributed by atoms with van der Waals surface area (Å²) in [6, 6.07) is 5.03. The van der Waals surface area contributed by atoms with Crippen LogP contribution >= 0.6 is 23.1 Å². The van der Waals surface area contributed by atoms with E-state index in [2.05, 4.69) is 9.98 Å². The van der Waals surface area contributed by atoms with Gasteiger partial charge in [0.2, 0.25) is 0 Å². The van der Waals surface area contributed by atoms with Crippen LogP contribution in [-0.4, -0.2) is 25.8 Å². The van der Waals surface area contributed by atoms with E-state index >= 15 is 0 Å². The molecule has 0 bridgehead atoms. The van der Waals surface area contributed by atoms with E-state index in [1.807, 2.05) is 13.8 Å². The normalized spacial score (nSPS) is 18.3. The van der Waals surface area contributed by atoms with Gasteiger partial charge >= 0.3 is 0 Å². The topological polar surface area (TPSA) is 62.6 Å². The number of amides is 1. The average Bonchev–Trinajstić information content (AvgIpc) is 2.80. The monoisotopic (exact) mass is 278 g/mol. The van der Waals surface area contributed by atoms with Gasteiger partial charge in [-0.25, -0.2) is 9.98 Å². The van der Waals surface area contributed by atoms with Crippen molar-refractivity contribution < 1.29 is 9.90 Å². The first-order chi connectivity index (χ1) is 8.45. The second-order valence-corrected chi connectivity index (χ2v) is 7.15. The van der Waals surface area contributed by atoms with Crippen molar-refractivity contribution in [1.82, 2.24) is 4.98 Å². The number of fused-ring (bicyclic) bond motifs is 1. The highest BCUT2D eigenvalue weighted by molar-refractivity contribution is 8.16. The molecular formula is C12H10N2O2S2. The van der Waals surface area contributed by atoms with Gasteiger partial charge < -0.3 is 5.11 Å². The second kappa shape index (κ2) is 3.80. The number of thiazole rings is 1. The van der Waals surface area contributed by atoms with Crippen molar-refractivity contribution in [3.05, 3.63) is 23.2 Å². The summed E-state index contributed by atoms with van der Waals surface area (Å²) in [6.07, 6.45) is 0. The van der Waals surface area contributed by atoms with Crippen LogP contribution in [0.2, 0.25) is 0 Å². The molecule has 0 atom stereocenters. The molecule has 18 heavy (non-hydrogen) atoms. The van der Waals surface area contributed by atoms with Gasteiger partial charge in [-0.05, 0) is 32.0 Å². The second-order valence-electron chi connectivity index (χ2n) is 4.51. The molecule has 2 heterocycles. The molecular weight excluding hydrogens is 268 g/mol. The molecule has 0 unspecified atom stereocenters. The maximum Gasteiger partial charge on any atom is 0.262 e. The summed E-state index contributed by atoms with van der Waals surface area (Å²) < 4.78 is 0.389. The molecule has 0 aliphatic carbocycles. The lowest BCUT2D eigenvalue weighted by molar-refractivity contribution is -0.119. The molecule has 0 saturated carbocycles. The molecule has 0 fully saturated rings. The molecule has 3 rings (SSSR count). The zero-order valence-corrected chi connectivity index (χ0v) is 11.4. The summed E-state index contributed by atoms with van der Waals surface area (Å²) >= 11 is 2.87. The fourth-order valence-corrected chi connectivity index (χ4v) is 3.64. The largest absolute Gasteiger partial charge is 0.508 e. The van der Waals surface area contributed by atoms with Gasteiger partial charge in [-0.2, -0.15) is 0 Å². The van der Waals surface area contributed by atoms with Gasteiger partial charge in [0.25, 0.3) is 5.91 Å². The summed E-state index contributed by atoms with van der Waals surface area (Å²) in [5.74, 6) is 0.0970. The number of rotatable bonds is 1. The molecule has 1 aliphatic rings. The van der Waals surface area contributed by atoms with E-state index in [1.54, 1.807) is 18.2 Å². The summed E-state index contributed by atoms with van der Waals surface area (Å²) in [7, 11) is 0. The molecule has 6 heteroatoms. The van der Waals surface area contributed by atoms with Crippen molar-refractivity contribution in [2.75, 3.05) is 0 Å². The van der Waals surface area contributed by atoms with Crippen molar-refractivity contribution in [3.63, 3.8) is 0 Å². The first-order valence-corrected chi connectivity index (χ1v) is 7.01. The van der Waals surface area contributed by atoms with E-state index in [9.17, 15) is 9.90 Å². The standard InChI is InChI=1S/C12H10N2O2S2/c1-12(2)11(16)14-10(18-12)9-13-7-4-3-6(15)5-8(7)17-9/h3-5,15H,1-2H3. The molecule has 0 spiro atoms. The number of hydrogen-bond acceptors (Lipinski definition) is 5. The van der Waals surface area contributed by atoms with Crippen LogP contribution in [0.15, 0.2) is 23.2 Å². The lowest BCUT2D eigenvalue weighted by Crippen LogP contribution is -2.21. The van der Waals surface area contributed by atoms with Crippen LogP contribution in [0.4, 0.5) is 0 Å². The highest BCUT2D eigenvalue weighted by Gasteiger charge is 2.37. The van der Waals surface area contributed by atoms with E-state index in [0.29, 0.717) is 5.04 Å². The fraction of sp³-hybridized carbons (Fsp3) is 0.250. The minimum Gasteiger partial charge on any atom is -0.508 e. The number of aliphatic imine (C=N–C) groups is 1. The Morgan fingerprint density at radius 1 is 1.33 bits per heavy atom. The lowest BCUT2D eigenvalue weighted by Gasteiger charge is -2.10. The van der Waals surface area contributed by atoms with E-state index in [-0.39, 0.29) is 11.7 Å². The number of aromatic nitrogens is 1. The molecule has 4 nitrogen and oxygen atoms in total. The van der Waals surface area contributed by atoms with Crippen LogP contribution < -0.4 is 0 Å². The third kappa shape index (κ3) is 1.81. The van der Waals surface area contributed by atoms with Crippen molar-refractivity contribution in [1.29, 1.82) is 0 Å². The summed E-state index contributed by atoms with van der Waals surface area (Å²) in [5.41, 5.74) is 0.813. The van der Waals surface area contributed by atoms with Crippen molar-refractivity contribution in [2.45, 2.75) is 18.6 Å². The molecule has 0 radical (unpaired) electrons. The van der Waals surface area contributed by atoms with Crippen LogP contribution in [0.5, 0.6) is 5.75 Å². The van der Waals surface area contributed by atoms with E-state index in [4.69, 9.17) is 0 Å². The first kappa shape index (κ1) is 11.7. The van der Waals surface area contributed by atoms with Gasteiger partial charge in [0.15, 0.2) is 0 Å². The fourth-order valence-electron chi connectivity index (χ4n) is 1.63. The van der Waals surface area contributed by atoms with Crippen LogP contribution in [-0.2, 0) is 4.79 Å². The minimum atomic E-state index is -0.505. The number of carbonyl (C=O) groups is 1. The summed E-state index contributed by atoms with van der Waals surface area (Å²) in [5, 5.41) is 10.8. The molecule has 2 aromatic rings. The van der Waals surface area contributed by atoms with Gasteiger partial charge in [0, 0.05) is 0 Å². The average molecular weight is 278 g/mol. The molecule has 92 valence electrons. The van der Waals surface area contributed by atoms with E-state index in [1.165, 1.54) is 23.1 Å². The molecule has 1 N–H and O–H groups in total. The maximum absolute atomic E-state index is 11.7. The SMILES string of the molecule is CC1(C)SC(c2nc3ccc(O)cc3s2)=NC1=O. The molecule has 1 amide bonds. The predicted molar refractivity (Wildman–Crippen MR) is 74.5 cm³/mol. The number of aromatic hydroxyl groups is 1. The Hall–Kier alpha value is -1.40. The Balaban J connectivity index is 2.06. The first-order valence-electron chi connectivity index (χ1n) is 5.38. The number of carbonyl (C=O) groups excluding carboxylic acids is 1. The molecule has 1 aromatic carbocycles. The lowest BCUT2D eigenvalue weighted by atomic mass is 10.2. The summed E-state index contributed by atoms with van der Waals surface area (Å²) in [4.78, 5) is 20.2. The Kier molecular flexibility index (Phi) is 2.46. The molecule has 1 aromatic heterocycles. The number of hydrogen-bond donors (Lipinski definition) is 1. The van der Waals surface area contributed by atoms with Gasteiger partial charge in [-0.1, -0.05) is 11.8 Å². The van der Waals surface area contributed by atoms with Gasteiger partial charge in [-0.3, -0.25) is 4.79 Å². The van der Waals surface area contributed by atoms with Crippen LogP contribution in [0.3, 0.4) is 0 Å². The van der Waals surface area contributed by atoms with Crippen LogP contribution in [0, 0.1) is 0 Å². The smallest absolute Gasteiger partial charge is 0.262 e. The highest BCUT2D eigenvalue weighted by Crippen LogP contribution is 2.38. The van der Waals surface area contributed by atoms with E-state index < -0.39 is 4.75 Å². The highest BCUT2D eigenvalue weighted by atomic mass is 32.2. The number of benzene rings is 1. The van der Waals surface area contributed by atoms with Crippen LogP contribution in [0.1, 0.15) is 18.9 Å². The van der Waals surface area contributed by atoms with Crippen molar-refractivity contribution in [2.24, 2.45) is 4.99 Å². The molecule has 0 saturated heterocycles. The Bertz CT molecular complexity index is 688. The summed E-state index contributed by atoms with van der Waals surface area (Å²) in [6.45, 7) is 3.71. The van der Waals surface area contributed by atoms with E-state index in [0.717, 1.165) is 15.2 Å². The third-order valence-corrected chi connectivity index (χ3v) is 4.94. The molecule has 1 aliphatic heterocycles. The van der Waals surface area contributed by atoms with Gasteiger partial charge in [0.05, 0.1) is 15.0 Å². The number of thioether (sulfide) groups is 1. The predicted octanol–water partition coefficient (Wildman–Crippen LogP) is 2.80. The van der Waals surface area contributed by atoms with Crippen LogP contribution in [0.25, 0.3) is 10.2 Å². The van der Waals surface area contributed by atoms with Crippen molar-refractivity contribution >= 4 is 44.3 Å². The quantitative estimate of drug-likeness (QED) is 0.871. The minimum absolute atomic E-state index is 0.121. The van der Waals surface area contributed by atoms with Crippen molar-refractivity contribution in [3.8, 4) is 5.75 Å². The number of phenolic OH excluding ortho intramolecular Hbond substituents is 1. The Morgan fingerprint density at radius 3 is 2.78 bits per heavy atom. The maximum atomic E-state index is 11.7. The zero-order valence-electron chi connectivity index (χ0n) is 9.80. The zero-order chi connectivity index (χ0) is 12.9. The number of phenols is 1. The van der Waals surface area contributed by atoms with Gasteiger partial charge in [-0.15, -0.1) is 11.3 Å². The third-order valence-electron chi connectivity index (χ3n) is 2.62. The Morgan fingerprint density at radius 2 is 2.11 bits per heavy atom. The number of nitrogens with zero attached hydrogens (tertiary/aromatic N) is 2. The van der Waals surface area contributed by atoms with Gasteiger partial charge in [0.1, 0.15) is 15.8 Å². The Labute approximate surface area is 112 Å².